The Morgan fingerprint density at radius 2 is 2.21 bits per heavy atom. The van der Waals surface area contributed by atoms with Gasteiger partial charge in [0.2, 0.25) is 5.91 Å². The molecule has 19 heavy (non-hydrogen) atoms. The maximum absolute atomic E-state index is 11.9. The molecule has 1 unspecified atom stereocenters. The summed E-state index contributed by atoms with van der Waals surface area (Å²) < 4.78 is 5.33. The van der Waals surface area contributed by atoms with Crippen molar-refractivity contribution in [2.45, 2.75) is 32.2 Å². The number of hydrogen-bond donors (Lipinski definition) is 2. The number of morpholine rings is 1. The number of benzene rings is 1. The summed E-state index contributed by atoms with van der Waals surface area (Å²) in [6.07, 6.45) is 2.67. The lowest BCUT2D eigenvalue weighted by atomic mass is 10.1. The largest absolute Gasteiger partial charge is 0.378 e. The molecule has 1 heterocycles. The minimum absolute atomic E-state index is 0.0336. The summed E-state index contributed by atoms with van der Waals surface area (Å²) in [6.45, 7) is 4.33. The third-order valence-electron chi connectivity index (χ3n) is 3.21. The maximum Gasteiger partial charge on any atom is 0.226 e. The van der Waals surface area contributed by atoms with Gasteiger partial charge >= 0.3 is 0 Å². The predicted octanol–water partition coefficient (Wildman–Crippen LogP) is 1.96. The Hall–Kier alpha value is -1.39. The van der Waals surface area contributed by atoms with Gasteiger partial charge in [0.15, 0.2) is 0 Å². The average Bonchev–Trinajstić information content (AvgIpc) is 2.42. The Bertz CT molecular complexity index is 397. The molecule has 0 bridgehead atoms. The second-order valence-electron chi connectivity index (χ2n) is 4.93. The number of carbonyl (C=O) groups is 1. The number of rotatable bonds is 5. The van der Waals surface area contributed by atoms with Crippen molar-refractivity contribution in [1.82, 2.24) is 5.32 Å². The zero-order valence-electron chi connectivity index (χ0n) is 11.4. The summed E-state index contributed by atoms with van der Waals surface area (Å²) in [5.74, 6) is 0.0336. The van der Waals surface area contributed by atoms with E-state index in [0.29, 0.717) is 13.0 Å². The molecule has 4 nitrogen and oxygen atoms in total. The van der Waals surface area contributed by atoms with Gasteiger partial charge in [-0.3, -0.25) is 4.79 Å². The van der Waals surface area contributed by atoms with Crippen molar-refractivity contribution < 1.29 is 9.53 Å². The molecule has 1 amide bonds. The Kier molecular flexibility index (Phi) is 5.36. The quantitative estimate of drug-likeness (QED) is 0.853. The van der Waals surface area contributed by atoms with E-state index in [9.17, 15) is 4.79 Å². The van der Waals surface area contributed by atoms with E-state index in [1.807, 2.05) is 12.1 Å². The van der Waals surface area contributed by atoms with E-state index in [-0.39, 0.29) is 11.9 Å². The van der Waals surface area contributed by atoms with Crippen molar-refractivity contribution in [2.24, 2.45) is 0 Å². The molecule has 0 aliphatic carbocycles. The fourth-order valence-corrected chi connectivity index (χ4v) is 2.23. The lowest BCUT2D eigenvalue weighted by molar-refractivity contribution is -0.117. The molecule has 1 aliphatic heterocycles. The highest BCUT2D eigenvalue weighted by Crippen LogP contribution is 2.12. The molecular formula is C15H22N2O2. The monoisotopic (exact) mass is 262 g/mol. The van der Waals surface area contributed by atoms with Crippen LogP contribution in [0.1, 0.15) is 25.3 Å². The molecule has 0 saturated carbocycles. The molecule has 4 heteroatoms. The molecule has 2 N–H and O–H groups in total. The summed E-state index contributed by atoms with van der Waals surface area (Å²) in [6, 6.07) is 8.21. The molecule has 104 valence electrons. The van der Waals surface area contributed by atoms with Crippen molar-refractivity contribution in [3.8, 4) is 0 Å². The van der Waals surface area contributed by atoms with Gasteiger partial charge in [-0.2, -0.15) is 0 Å². The standard InChI is InChI=1S/C15H22N2O2/c1-2-3-12-4-6-13(7-5-12)17-15(18)10-14-11-19-9-8-16-14/h4-7,14,16H,2-3,8-11H2,1H3,(H,17,18). The predicted molar refractivity (Wildman–Crippen MR) is 76.3 cm³/mol. The second kappa shape index (κ2) is 7.26. The Morgan fingerprint density at radius 1 is 1.42 bits per heavy atom. The minimum atomic E-state index is 0.0336. The summed E-state index contributed by atoms with van der Waals surface area (Å²) >= 11 is 0. The molecule has 2 rings (SSSR count). The fourth-order valence-electron chi connectivity index (χ4n) is 2.23. The van der Waals surface area contributed by atoms with Gasteiger partial charge < -0.3 is 15.4 Å². The summed E-state index contributed by atoms with van der Waals surface area (Å²) in [7, 11) is 0. The first-order chi connectivity index (χ1) is 9.28. The number of aryl methyl sites for hydroxylation is 1. The number of carbonyl (C=O) groups excluding carboxylic acids is 1. The van der Waals surface area contributed by atoms with Gasteiger partial charge in [0.05, 0.1) is 13.2 Å². The normalized spacial score (nSPS) is 19.1. The van der Waals surface area contributed by atoms with Gasteiger partial charge in [-0.05, 0) is 24.1 Å². The molecule has 1 aromatic rings. The van der Waals surface area contributed by atoms with Crippen LogP contribution in [0.5, 0.6) is 0 Å². The molecule has 1 aliphatic rings. The van der Waals surface area contributed by atoms with Crippen LogP contribution in [0.2, 0.25) is 0 Å². The van der Waals surface area contributed by atoms with Gasteiger partial charge in [0, 0.05) is 24.7 Å². The van der Waals surface area contributed by atoms with Crippen LogP contribution in [0.25, 0.3) is 0 Å². The number of anilines is 1. The molecule has 0 radical (unpaired) electrons. The van der Waals surface area contributed by atoms with Crippen molar-refractivity contribution in [1.29, 1.82) is 0 Å². The van der Waals surface area contributed by atoms with Crippen LogP contribution in [0.4, 0.5) is 5.69 Å². The van der Waals surface area contributed by atoms with E-state index in [0.717, 1.165) is 31.7 Å². The lowest BCUT2D eigenvalue weighted by Crippen LogP contribution is -2.43. The first-order valence-electron chi connectivity index (χ1n) is 6.98. The lowest BCUT2D eigenvalue weighted by Gasteiger charge is -2.23. The van der Waals surface area contributed by atoms with Crippen LogP contribution in [0.3, 0.4) is 0 Å². The minimum Gasteiger partial charge on any atom is -0.378 e. The Morgan fingerprint density at radius 3 is 2.84 bits per heavy atom. The summed E-state index contributed by atoms with van der Waals surface area (Å²) in [5, 5.41) is 6.20. The topological polar surface area (TPSA) is 50.4 Å². The number of nitrogens with one attached hydrogen (secondary N) is 2. The number of amides is 1. The van der Waals surface area contributed by atoms with Crippen LogP contribution < -0.4 is 10.6 Å². The molecular weight excluding hydrogens is 240 g/mol. The van der Waals surface area contributed by atoms with Crippen LogP contribution in [-0.4, -0.2) is 31.7 Å². The van der Waals surface area contributed by atoms with Crippen molar-refractivity contribution in [2.75, 3.05) is 25.1 Å². The highest BCUT2D eigenvalue weighted by Gasteiger charge is 2.16. The molecule has 1 saturated heterocycles. The third-order valence-corrected chi connectivity index (χ3v) is 3.21. The summed E-state index contributed by atoms with van der Waals surface area (Å²) in [5.41, 5.74) is 2.17. The van der Waals surface area contributed by atoms with E-state index in [1.54, 1.807) is 0 Å². The average molecular weight is 262 g/mol. The van der Waals surface area contributed by atoms with E-state index in [2.05, 4.69) is 29.7 Å². The van der Waals surface area contributed by atoms with E-state index < -0.39 is 0 Å². The van der Waals surface area contributed by atoms with Gasteiger partial charge in [0.25, 0.3) is 0 Å². The highest BCUT2D eigenvalue weighted by atomic mass is 16.5. The van der Waals surface area contributed by atoms with Crippen molar-refractivity contribution in [3.63, 3.8) is 0 Å². The molecule has 1 atom stereocenters. The molecule has 0 spiro atoms. The van der Waals surface area contributed by atoms with Crippen LogP contribution >= 0.6 is 0 Å². The Balaban J connectivity index is 1.80. The van der Waals surface area contributed by atoms with E-state index in [4.69, 9.17) is 4.74 Å². The number of ether oxygens (including phenoxy) is 1. The molecule has 0 aromatic heterocycles. The zero-order chi connectivity index (χ0) is 13.5. The molecule has 1 fully saturated rings. The maximum atomic E-state index is 11.9. The zero-order valence-corrected chi connectivity index (χ0v) is 11.4. The Labute approximate surface area is 114 Å². The van der Waals surface area contributed by atoms with Gasteiger partial charge in [-0.1, -0.05) is 25.5 Å². The van der Waals surface area contributed by atoms with Crippen LogP contribution in [-0.2, 0) is 16.0 Å². The van der Waals surface area contributed by atoms with Crippen LogP contribution in [0.15, 0.2) is 24.3 Å². The first-order valence-corrected chi connectivity index (χ1v) is 6.98. The number of hydrogen-bond acceptors (Lipinski definition) is 3. The third kappa shape index (κ3) is 4.65. The van der Waals surface area contributed by atoms with E-state index in [1.165, 1.54) is 5.56 Å². The van der Waals surface area contributed by atoms with Gasteiger partial charge in [0.1, 0.15) is 0 Å². The smallest absolute Gasteiger partial charge is 0.226 e. The van der Waals surface area contributed by atoms with Crippen LogP contribution in [0, 0.1) is 0 Å². The van der Waals surface area contributed by atoms with Crippen molar-refractivity contribution in [3.05, 3.63) is 29.8 Å². The van der Waals surface area contributed by atoms with E-state index >= 15 is 0 Å². The van der Waals surface area contributed by atoms with Crippen molar-refractivity contribution >= 4 is 11.6 Å². The van der Waals surface area contributed by atoms with Gasteiger partial charge in [-0.25, -0.2) is 0 Å². The SMILES string of the molecule is CCCc1ccc(NC(=O)CC2COCCN2)cc1. The molecule has 1 aromatic carbocycles. The second-order valence-corrected chi connectivity index (χ2v) is 4.93. The summed E-state index contributed by atoms with van der Waals surface area (Å²) in [4.78, 5) is 11.9. The first kappa shape index (κ1) is 14.0. The fraction of sp³-hybridized carbons (Fsp3) is 0.533. The van der Waals surface area contributed by atoms with Gasteiger partial charge in [-0.15, -0.1) is 0 Å². The highest BCUT2D eigenvalue weighted by molar-refractivity contribution is 5.91.